The van der Waals surface area contributed by atoms with E-state index in [2.05, 4.69) is 15.0 Å². The molecule has 7 rings (SSSR count). The van der Waals surface area contributed by atoms with Crippen molar-refractivity contribution in [1.82, 2.24) is 10.1 Å². The van der Waals surface area contributed by atoms with Crippen molar-refractivity contribution in [2.75, 3.05) is 18.6 Å². The fraction of sp³-hybridized carbons (Fsp3) is 0.357. The zero-order valence-electron chi connectivity index (χ0n) is 21.2. The van der Waals surface area contributed by atoms with Gasteiger partial charge in [-0.1, -0.05) is 45.8 Å². The second kappa shape index (κ2) is 9.71. The van der Waals surface area contributed by atoms with Gasteiger partial charge in [-0.25, -0.2) is 19.0 Å². The minimum atomic E-state index is -0.599. The standard InChI is InChI=1S/C28H22Cl2FN3O5S/c1-37-26(35)13-8-18(31)23-20(9-13)40-28(32-23)34-11-14-7-15(34)10-19(14)38-27(36)22-24(33-39-25(22)12-5-6-12)21-16(29)3-2-4-17(21)30/h2-4,8-9,12,14-15,19H,5-7,10-11H2,1H3/t14-,15-,19?/m1/s1. The van der Waals surface area contributed by atoms with E-state index in [1.807, 2.05) is 0 Å². The van der Waals surface area contributed by atoms with Gasteiger partial charge in [0.2, 0.25) is 0 Å². The molecule has 2 aliphatic carbocycles. The summed E-state index contributed by atoms with van der Waals surface area (Å²) in [4.78, 5) is 32.2. The Morgan fingerprint density at radius 1 is 1.15 bits per heavy atom. The quantitative estimate of drug-likeness (QED) is 0.221. The molecule has 1 saturated heterocycles. The Balaban J connectivity index is 1.11. The lowest BCUT2D eigenvalue weighted by molar-refractivity contribution is 0.0191. The third-order valence-electron chi connectivity index (χ3n) is 7.91. The van der Waals surface area contributed by atoms with Crippen LogP contribution in [0.5, 0.6) is 0 Å². The van der Waals surface area contributed by atoms with Crippen LogP contribution in [0.15, 0.2) is 34.9 Å². The Morgan fingerprint density at radius 2 is 1.93 bits per heavy atom. The minimum absolute atomic E-state index is 0.0908. The molecule has 2 bridgehead atoms. The van der Waals surface area contributed by atoms with Crippen LogP contribution < -0.4 is 4.90 Å². The molecule has 206 valence electrons. The number of carbonyl (C=O) groups excluding carboxylic acids is 2. The highest BCUT2D eigenvalue weighted by Crippen LogP contribution is 2.48. The van der Waals surface area contributed by atoms with Crippen molar-refractivity contribution in [2.24, 2.45) is 5.92 Å². The highest BCUT2D eigenvalue weighted by molar-refractivity contribution is 7.22. The van der Waals surface area contributed by atoms with E-state index in [0.29, 0.717) is 55.4 Å². The predicted molar refractivity (Wildman–Crippen MR) is 148 cm³/mol. The molecule has 40 heavy (non-hydrogen) atoms. The van der Waals surface area contributed by atoms with Crippen LogP contribution in [-0.2, 0) is 9.47 Å². The van der Waals surface area contributed by atoms with Gasteiger partial charge in [-0.2, -0.15) is 0 Å². The number of halogens is 3. The van der Waals surface area contributed by atoms with Crippen molar-refractivity contribution < 1.29 is 28.0 Å². The first-order valence-corrected chi connectivity index (χ1v) is 14.5. The number of rotatable bonds is 6. The van der Waals surface area contributed by atoms with Crippen LogP contribution in [-0.4, -0.2) is 47.9 Å². The Labute approximate surface area is 241 Å². The first kappa shape index (κ1) is 25.7. The first-order chi connectivity index (χ1) is 19.3. The second-order valence-electron chi connectivity index (χ2n) is 10.4. The number of thiazole rings is 1. The Hall–Kier alpha value is -3.21. The zero-order valence-corrected chi connectivity index (χ0v) is 23.5. The van der Waals surface area contributed by atoms with E-state index < -0.39 is 17.8 Å². The van der Waals surface area contributed by atoms with Crippen LogP contribution in [0.4, 0.5) is 9.52 Å². The van der Waals surface area contributed by atoms with E-state index in [1.165, 1.54) is 18.4 Å². The van der Waals surface area contributed by atoms with E-state index in [1.54, 1.807) is 24.3 Å². The van der Waals surface area contributed by atoms with Crippen LogP contribution >= 0.6 is 34.5 Å². The largest absolute Gasteiger partial charge is 0.465 e. The summed E-state index contributed by atoms with van der Waals surface area (Å²) in [6.07, 6.45) is 2.99. The number of methoxy groups -OCH3 is 1. The number of aromatic nitrogens is 2. The highest BCUT2D eigenvalue weighted by atomic mass is 35.5. The summed E-state index contributed by atoms with van der Waals surface area (Å²) in [7, 11) is 1.26. The first-order valence-electron chi connectivity index (χ1n) is 12.9. The van der Waals surface area contributed by atoms with E-state index >= 15 is 0 Å². The number of nitrogens with zero attached hydrogens (tertiary/aromatic N) is 3. The molecule has 0 radical (unpaired) electrons. The van der Waals surface area contributed by atoms with Gasteiger partial charge in [0, 0.05) is 36.4 Å². The molecule has 12 heteroatoms. The summed E-state index contributed by atoms with van der Waals surface area (Å²) in [5.41, 5.74) is 1.42. The zero-order chi connectivity index (χ0) is 27.7. The summed E-state index contributed by atoms with van der Waals surface area (Å²) in [6, 6.07) is 7.95. The van der Waals surface area contributed by atoms with Crippen LogP contribution in [0.1, 0.15) is 58.1 Å². The smallest absolute Gasteiger partial charge is 0.344 e. The molecule has 0 amide bonds. The van der Waals surface area contributed by atoms with Gasteiger partial charge in [0.1, 0.15) is 22.9 Å². The molecule has 3 atom stereocenters. The van der Waals surface area contributed by atoms with Gasteiger partial charge in [-0.15, -0.1) is 0 Å². The summed E-state index contributed by atoms with van der Waals surface area (Å²) in [5, 5.41) is 5.62. The number of carbonyl (C=O) groups is 2. The highest BCUT2D eigenvalue weighted by Gasteiger charge is 2.48. The molecule has 0 spiro atoms. The summed E-state index contributed by atoms with van der Waals surface area (Å²) >= 11 is 14.2. The lowest BCUT2D eigenvalue weighted by Gasteiger charge is -2.31. The summed E-state index contributed by atoms with van der Waals surface area (Å²) < 4.78 is 31.7. The number of hydrogen-bond acceptors (Lipinski definition) is 9. The predicted octanol–water partition coefficient (Wildman–Crippen LogP) is 6.89. The summed E-state index contributed by atoms with van der Waals surface area (Å²) in [5.74, 6) is -0.920. The topological polar surface area (TPSA) is 94.8 Å². The Morgan fingerprint density at radius 3 is 2.60 bits per heavy atom. The van der Waals surface area contributed by atoms with Crippen molar-refractivity contribution in [3.05, 3.63) is 63.1 Å². The minimum Gasteiger partial charge on any atom is -0.465 e. The van der Waals surface area contributed by atoms with Crippen molar-refractivity contribution in [3.63, 3.8) is 0 Å². The van der Waals surface area contributed by atoms with Crippen LogP contribution in [0.3, 0.4) is 0 Å². The third kappa shape index (κ3) is 4.24. The number of hydrogen-bond donors (Lipinski definition) is 0. The normalized spacial score (nSPS) is 21.8. The number of anilines is 1. The van der Waals surface area contributed by atoms with E-state index in [4.69, 9.17) is 37.2 Å². The van der Waals surface area contributed by atoms with Crippen molar-refractivity contribution in [3.8, 4) is 11.3 Å². The molecule has 3 aliphatic rings. The molecule has 3 fully saturated rings. The number of piperidine rings is 1. The van der Waals surface area contributed by atoms with Gasteiger partial charge in [-0.05, 0) is 43.5 Å². The van der Waals surface area contributed by atoms with Gasteiger partial charge < -0.3 is 18.9 Å². The van der Waals surface area contributed by atoms with E-state index in [9.17, 15) is 14.0 Å². The number of benzene rings is 2. The van der Waals surface area contributed by atoms with Crippen LogP contribution in [0.2, 0.25) is 10.0 Å². The number of fused-ring (bicyclic) bond motifs is 3. The Bertz CT molecular complexity index is 1670. The average Bonchev–Trinajstić information content (AvgIpc) is 3.26. The van der Waals surface area contributed by atoms with Gasteiger partial charge in [-0.3, -0.25) is 0 Å². The molecular weight excluding hydrogens is 580 g/mol. The fourth-order valence-corrected chi connectivity index (χ4v) is 7.51. The SMILES string of the molecule is COC(=O)c1cc(F)c2nc(N3C[C@H]4C[C@@H]3CC4OC(=O)c3c(-c4c(Cl)cccc4Cl)noc3C3CC3)sc2c1. The fourth-order valence-electron chi connectivity index (χ4n) is 5.84. The van der Waals surface area contributed by atoms with Crippen LogP contribution in [0.25, 0.3) is 21.5 Å². The molecular formula is C28H22Cl2FN3O5S. The maximum atomic E-state index is 14.7. The maximum Gasteiger partial charge on any atom is 0.344 e. The third-order valence-corrected chi connectivity index (χ3v) is 9.58. The molecule has 1 aliphatic heterocycles. The van der Waals surface area contributed by atoms with Crippen molar-refractivity contribution >= 4 is 61.8 Å². The monoisotopic (exact) mass is 601 g/mol. The molecule has 4 aromatic rings. The molecule has 8 nitrogen and oxygen atoms in total. The number of esters is 2. The molecule has 2 saturated carbocycles. The molecule has 1 unspecified atom stereocenters. The molecule has 2 aromatic heterocycles. The molecule has 2 aromatic carbocycles. The Kier molecular flexibility index (Phi) is 6.25. The van der Waals surface area contributed by atoms with Crippen molar-refractivity contribution in [1.29, 1.82) is 0 Å². The van der Waals surface area contributed by atoms with Gasteiger partial charge in [0.05, 0.1) is 27.4 Å². The molecule has 0 N–H and O–H groups in total. The summed E-state index contributed by atoms with van der Waals surface area (Å²) in [6.45, 7) is 0.621. The van der Waals surface area contributed by atoms with Crippen molar-refractivity contribution in [2.45, 2.75) is 43.7 Å². The lowest BCUT2D eigenvalue weighted by Crippen LogP contribution is -2.39. The lowest BCUT2D eigenvalue weighted by atomic mass is 10.0. The second-order valence-corrected chi connectivity index (χ2v) is 12.2. The average molecular weight is 602 g/mol. The van der Waals surface area contributed by atoms with E-state index in [-0.39, 0.29) is 35.1 Å². The van der Waals surface area contributed by atoms with Crippen LogP contribution in [0, 0.1) is 11.7 Å². The van der Waals surface area contributed by atoms with Gasteiger partial charge in [0.15, 0.2) is 16.7 Å². The van der Waals surface area contributed by atoms with Gasteiger partial charge >= 0.3 is 11.9 Å². The number of ether oxygens (including phenoxy) is 2. The van der Waals surface area contributed by atoms with E-state index in [0.717, 1.165) is 25.3 Å². The van der Waals surface area contributed by atoms with Gasteiger partial charge in [0.25, 0.3) is 0 Å². The molecule has 3 heterocycles. The maximum absolute atomic E-state index is 14.7.